The molecule has 1 aliphatic heterocycles. The summed E-state index contributed by atoms with van der Waals surface area (Å²) in [7, 11) is -3.21. The van der Waals surface area contributed by atoms with E-state index in [9.17, 15) is 13.5 Å². The summed E-state index contributed by atoms with van der Waals surface area (Å²) < 4.78 is 24.9. The van der Waals surface area contributed by atoms with Gasteiger partial charge in [0, 0.05) is 31.2 Å². The summed E-state index contributed by atoms with van der Waals surface area (Å²) in [4.78, 5) is 2.56. The molecule has 1 fully saturated rings. The number of sulfone groups is 1. The van der Waals surface area contributed by atoms with Gasteiger partial charge >= 0.3 is 0 Å². The van der Waals surface area contributed by atoms with Crippen LogP contribution in [0.25, 0.3) is 0 Å². The Morgan fingerprint density at radius 2 is 2.08 bits per heavy atom. The number of aliphatic hydroxyl groups excluding tert-OH is 1. The van der Waals surface area contributed by atoms with E-state index in [-0.39, 0.29) is 4.90 Å². The van der Waals surface area contributed by atoms with Gasteiger partial charge in [0.15, 0.2) is 9.84 Å². The fourth-order valence-corrected chi connectivity index (χ4v) is 3.86. The molecule has 0 unspecified atom stereocenters. The van der Waals surface area contributed by atoms with Gasteiger partial charge in [-0.15, -0.1) is 0 Å². The fraction of sp³-hybridized carbons (Fsp3) is 0.471. The molecule has 1 aromatic heterocycles. The average Bonchev–Trinajstić information content (AvgIpc) is 3.20. The van der Waals surface area contributed by atoms with Gasteiger partial charge in [0.2, 0.25) is 0 Å². The van der Waals surface area contributed by atoms with Crippen LogP contribution >= 0.6 is 0 Å². The highest BCUT2D eigenvalue weighted by molar-refractivity contribution is 7.90. The molecule has 130 valence electrons. The third-order valence-electron chi connectivity index (χ3n) is 4.56. The molecule has 1 aromatic carbocycles. The van der Waals surface area contributed by atoms with E-state index in [0.717, 1.165) is 31.5 Å². The fourth-order valence-electron chi connectivity index (χ4n) is 3.23. The lowest BCUT2D eigenvalue weighted by Crippen LogP contribution is -2.36. The Morgan fingerprint density at radius 1 is 1.33 bits per heavy atom. The molecule has 0 bridgehead atoms. The summed E-state index contributed by atoms with van der Waals surface area (Å²) in [5.41, 5.74) is 0.743. The van der Waals surface area contributed by atoms with Gasteiger partial charge in [0.1, 0.15) is 0 Å². The maximum absolute atomic E-state index is 11.5. The van der Waals surface area contributed by atoms with Gasteiger partial charge in [0.05, 0.1) is 17.5 Å². The number of nitrogens with zero attached hydrogens (tertiary/aromatic N) is 3. The van der Waals surface area contributed by atoms with Crippen LogP contribution in [-0.2, 0) is 16.4 Å². The summed E-state index contributed by atoms with van der Waals surface area (Å²) >= 11 is 0. The van der Waals surface area contributed by atoms with E-state index in [2.05, 4.69) is 10.00 Å². The van der Waals surface area contributed by atoms with Crippen LogP contribution in [0.3, 0.4) is 0 Å². The third-order valence-corrected chi connectivity index (χ3v) is 5.69. The van der Waals surface area contributed by atoms with Gasteiger partial charge in [-0.2, -0.15) is 5.10 Å². The third kappa shape index (κ3) is 4.03. The minimum atomic E-state index is -3.21. The molecule has 7 heteroatoms. The first kappa shape index (κ1) is 17.1. The van der Waals surface area contributed by atoms with E-state index >= 15 is 0 Å². The normalized spacial score (nSPS) is 20.3. The van der Waals surface area contributed by atoms with Gasteiger partial charge in [-0.25, -0.2) is 8.42 Å². The van der Waals surface area contributed by atoms with Crippen LogP contribution in [0.1, 0.15) is 24.5 Å². The topological polar surface area (TPSA) is 75.4 Å². The van der Waals surface area contributed by atoms with Gasteiger partial charge < -0.3 is 5.11 Å². The van der Waals surface area contributed by atoms with E-state index in [4.69, 9.17) is 0 Å². The lowest BCUT2D eigenvalue weighted by atomic mass is 10.1. The Balaban J connectivity index is 1.64. The van der Waals surface area contributed by atoms with Crippen LogP contribution in [-0.4, -0.2) is 53.6 Å². The molecule has 0 saturated carbocycles. The minimum absolute atomic E-state index is 0.274. The molecule has 0 amide bonds. The van der Waals surface area contributed by atoms with Gasteiger partial charge in [0.25, 0.3) is 0 Å². The quantitative estimate of drug-likeness (QED) is 0.855. The number of rotatable bonds is 6. The number of likely N-dealkylation sites (tertiary alicyclic amines) is 1. The van der Waals surface area contributed by atoms with Crippen molar-refractivity contribution < 1.29 is 13.5 Å². The first-order chi connectivity index (χ1) is 11.4. The molecule has 6 nitrogen and oxygen atoms in total. The smallest absolute Gasteiger partial charge is 0.175 e. The summed E-state index contributed by atoms with van der Waals surface area (Å²) in [6.07, 6.45) is 6.50. The van der Waals surface area contributed by atoms with Crippen LogP contribution < -0.4 is 0 Å². The van der Waals surface area contributed by atoms with Crippen molar-refractivity contribution in [2.45, 2.75) is 36.4 Å². The zero-order valence-corrected chi connectivity index (χ0v) is 14.6. The molecule has 2 heterocycles. The second-order valence-electron chi connectivity index (χ2n) is 6.38. The van der Waals surface area contributed by atoms with Gasteiger partial charge in [-0.3, -0.25) is 9.58 Å². The van der Waals surface area contributed by atoms with Crippen molar-refractivity contribution in [2.24, 2.45) is 0 Å². The predicted molar refractivity (Wildman–Crippen MR) is 91.3 cm³/mol. The Kier molecular flexibility index (Phi) is 5.03. The monoisotopic (exact) mass is 349 g/mol. The zero-order chi connectivity index (χ0) is 17.2. The molecule has 2 aromatic rings. The maximum atomic E-state index is 11.5. The number of hydrogen-bond donors (Lipinski definition) is 1. The van der Waals surface area contributed by atoms with Crippen LogP contribution in [0, 0.1) is 0 Å². The van der Waals surface area contributed by atoms with Crippen LogP contribution in [0.4, 0.5) is 0 Å². The standard InChI is InChI=1S/C17H23N3O3S/c1-24(22,23)16-7-5-14(6-8-16)17(21)13-19-10-2-4-15(19)12-20-11-3-9-18-20/h3,5-9,11,15,17,21H,2,4,10,12-13H2,1H3/t15-,17+/m0/s1. The summed E-state index contributed by atoms with van der Waals surface area (Å²) in [6, 6.07) is 8.78. The Labute approximate surface area is 142 Å². The highest BCUT2D eigenvalue weighted by Crippen LogP contribution is 2.24. The molecule has 0 radical (unpaired) electrons. The van der Waals surface area contributed by atoms with Crippen molar-refractivity contribution in [1.82, 2.24) is 14.7 Å². The first-order valence-corrected chi connectivity index (χ1v) is 10.0. The maximum Gasteiger partial charge on any atom is 0.175 e. The summed E-state index contributed by atoms with van der Waals surface area (Å²) in [6.45, 7) is 2.33. The Bertz CT molecular complexity index is 757. The molecule has 0 aliphatic carbocycles. The summed E-state index contributed by atoms with van der Waals surface area (Å²) in [5.74, 6) is 0. The highest BCUT2D eigenvalue weighted by atomic mass is 32.2. The van der Waals surface area contributed by atoms with Crippen molar-refractivity contribution in [2.75, 3.05) is 19.3 Å². The molecule has 3 rings (SSSR count). The Morgan fingerprint density at radius 3 is 2.71 bits per heavy atom. The second-order valence-corrected chi connectivity index (χ2v) is 8.39. The van der Waals surface area contributed by atoms with Crippen LogP contribution in [0.5, 0.6) is 0 Å². The van der Waals surface area contributed by atoms with Crippen molar-refractivity contribution in [3.63, 3.8) is 0 Å². The van der Waals surface area contributed by atoms with Gasteiger partial charge in [-0.05, 0) is 43.1 Å². The number of hydrogen-bond acceptors (Lipinski definition) is 5. The van der Waals surface area contributed by atoms with Crippen LogP contribution in [0.2, 0.25) is 0 Å². The Hall–Kier alpha value is -1.70. The molecule has 0 spiro atoms. The second kappa shape index (κ2) is 7.04. The molecular weight excluding hydrogens is 326 g/mol. The van der Waals surface area contributed by atoms with E-state index in [1.54, 1.807) is 30.5 Å². The predicted octanol–water partition coefficient (Wildman–Crippen LogP) is 1.48. The van der Waals surface area contributed by atoms with Gasteiger partial charge in [-0.1, -0.05) is 12.1 Å². The molecule has 1 saturated heterocycles. The number of aliphatic hydroxyl groups is 1. The number of β-amino-alcohol motifs (C(OH)–C–C–N with tert-alkyl or cyclic N) is 1. The largest absolute Gasteiger partial charge is 0.387 e. The first-order valence-electron chi connectivity index (χ1n) is 8.13. The number of benzene rings is 1. The lowest BCUT2D eigenvalue weighted by Gasteiger charge is -2.27. The number of aromatic nitrogens is 2. The van der Waals surface area contributed by atoms with E-state index < -0.39 is 15.9 Å². The van der Waals surface area contributed by atoms with E-state index in [1.165, 1.54) is 6.26 Å². The van der Waals surface area contributed by atoms with Crippen molar-refractivity contribution >= 4 is 9.84 Å². The molecular formula is C17H23N3O3S. The SMILES string of the molecule is CS(=O)(=O)c1ccc([C@H](O)CN2CCC[C@H]2Cn2cccn2)cc1. The average molecular weight is 349 g/mol. The molecule has 24 heavy (non-hydrogen) atoms. The molecule has 1 N–H and O–H groups in total. The molecule has 2 atom stereocenters. The zero-order valence-electron chi connectivity index (χ0n) is 13.7. The van der Waals surface area contributed by atoms with Crippen molar-refractivity contribution in [3.05, 3.63) is 48.3 Å². The van der Waals surface area contributed by atoms with Crippen LogP contribution in [0.15, 0.2) is 47.6 Å². The minimum Gasteiger partial charge on any atom is -0.387 e. The molecule has 1 aliphatic rings. The van der Waals surface area contributed by atoms with Crippen molar-refractivity contribution in [1.29, 1.82) is 0 Å². The van der Waals surface area contributed by atoms with Crippen molar-refractivity contribution in [3.8, 4) is 0 Å². The van der Waals surface area contributed by atoms with E-state index in [0.29, 0.717) is 12.6 Å². The highest BCUT2D eigenvalue weighted by Gasteiger charge is 2.27. The lowest BCUT2D eigenvalue weighted by molar-refractivity contribution is 0.100. The van der Waals surface area contributed by atoms with E-state index in [1.807, 2.05) is 16.9 Å². The summed E-state index contributed by atoms with van der Waals surface area (Å²) in [5, 5.41) is 14.8.